The Hall–Kier alpha value is -1.10. The molecule has 1 aliphatic heterocycles. The number of rotatable bonds is 3. The van der Waals surface area contributed by atoms with Crippen LogP contribution in [0.5, 0.6) is 0 Å². The molecule has 0 aliphatic carbocycles. The van der Waals surface area contributed by atoms with Gasteiger partial charge in [0, 0.05) is 13.1 Å². The first-order valence-electron chi connectivity index (χ1n) is 5.28. The standard InChI is InChI=1S/C10H17N2O3/c1-9(2)15-10(14)12(8-13)11-6-4-3-5-7-11/h9H,3-7H2,1-2H3. The van der Waals surface area contributed by atoms with Gasteiger partial charge in [0.05, 0.1) is 6.10 Å². The molecule has 0 aromatic rings. The first-order valence-corrected chi connectivity index (χ1v) is 5.28. The van der Waals surface area contributed by atoms with Crippen molar-refractivity contribution in [1.29, 1.82) is 0 Å². The van der Waals surface area contributed by atoms with E-state index in [1.165, 1.54) is 0 Å². The summed E-state index contributed by atoms with van der Waals surface area (Å²) >= 11 is 0. The van der Waals surface area contributed by atoms with Crippen molar-refractivity contribution in [3.05, 3.63) is 0 Å². The average Bonchev–Trinajstić information content (AvgIpc) is 2.19. The Balaban J connectivity index is 2.52. The van der Waals surface area contributed by atoms with Crippen LogP contribution in [0.1, 0.15) is 33.1 Å². The summed E-state index contributed by atoms with van der Waals surface area (Å²) < 4.78 is 4.94. The Kier molecular flexibility index (Phi) is 4.55. The minimum absolute atomic E-state index is 0.224. The molecule has 2 amide bonds. The smallest absolute Gasteiger partial charge is 0.432 e. The van der Waals surface area contributed by atoms with Gasteiger partial charge in [-0.05, 0) is 26.7 Å². The predicted octanol–water partition coefficient (Wildman–Crippen LogP) is 1.30. The van der Waals surface area contributed by atoms with Crippen LogP contribution in [0, 0.1) is 0 Å². The number of hydrazine groups is 1. The molecule has 0 N–H and O–H groups in total. The van der Waals surface area contributed by atoms with Gasteiger partial charge in [-0.2, -0.15) is 5.01 Å². The molecule has 5 heteroatoms. The van der Waals surface area contributed by atoms with Crippen molar-refractivity contribution in [2.75, 3.05) is 13.1 Å². The topological polar surface area (TPSA) is 49.9 Å². The molecule has 0 aromatic heterocycles. The summed E-state index contributed by atoms with van der Waals surface area (Å²) in [6.07, 6.45) is 3.88. The lowest BCUT2D eigenvalue weighted by Crippen LogP contribution is -2.48. The van der Waals surface area contributed by atoms with E-state index in [9.17, 15) is 9.59 Å². The number of hydrogen-bond acceptors (Lipinski definition) is 4. The van der Waals surface area contributed by atoms with E-state index < -0.39 is 6.09 Å². The Morgan fingerprint density at radius 1 is 1.33 bits per heavy atom. The number of nitrogens with zero attached hydrogens (tertiary/aromatic N) is 2. The Bertz CT molecular complexity index is 225. The third-order valence-electron chi connectivity index (χ3n) is 2.21. The highest BCUT2D eigenvalue weighted by molar-refractivity contribution is 5.79. The third-order valence-corrected chi connectivity index (χ3v) is 2.21. The zero-order valence-electron chi connectivity index (χ0n) is 9.23. The van der Waals surface area contributed by atoms with Crippen LogP contribution in [0.2, 0.25) is 0 Å². The minimum atomic E-state index is -0.637. The number of imide groups is 1. The van der Waals surface area contributed by atoms with Crippen LogP contribution in [0.15, 0.2) is 0 Å². The van der Waals surface area contributed by atoms with Crippen LogP contribution < -0.4 is 0 Å². The molecule has 0 atom stereocenters. The Morgan fingerprint density at radius 2 is 1.93 bits per heavy atom. The van der Waals surface area contributed by atoms with Gasteiger partial charge in [0.2, 0.25) is 0 Å². The molecular weight excluding hydrogens is 196 g/mol. The molecule has 5 nitrogen and oxygen atoms in total. The first-order chi connectivity index (χ1) is 7.15. The fourth-order valence-electron chi connectivity index (χ4n) is 1.54. The van der Waals surface area contributed by atoms with Crippen LogP contribution in [-0.4, -0.2) is 41.7 Å². The summed E-state index contributed by atoms with van der Waals surface area (Å²) in [4.78, 5) is 22.2. The molecule has 0 bridgehead atoms. The second-order valence-corrected chi connectivity index (χ2v) is 3.85. The normalized spacial score (nSPS) is 17.5. The van der Waals surface area contributed by atoms with Gasteiger partial charge in [0.25, 0.3) is 0 Å². The monoisotopic (exact) mass is 213 g/mol. The second kappa shape index (κ2) is 5.70. The maximum Gasteiger partial charge on any atom is 0.432 e. The van der Waals surface area contributed by atoms with Gasteiger partial charge in [-0.3, -0.25) is 4.79 Å². The molecular formula is C10H17N2O3. The van der Waals surface area contributed by atoms with Gasteiger partial charge >= 0.3 is 12.5 Å². The van der Waals surface area contributed by atoms with Crippen molar-refractivity contribution in [1.82, 2.24) is 10.0 Å². The number of hydrogen-bond donors (Lipinski definition) is 0. The molecule has 1 fully saturated rings. The molecule has 1 rings (SSSR count). The van der Waals surface area contributed by atoms with E-state index in [1.807, 2.05) is 0 Å². The predicted molar refractivity (Wildman–Crippen MR) is 54.6 cm³/mol. The van der Waals surface area contributed by atoms with E-state index in [4.69, 9.17) is 4.74 Å². The summed E-state index contributed by atoms with van der Waals surface area (Å²) in [6.45, 7) is 4.92. The van der Waals surface area contributed by atoms with E-state index in [-0.39, 0.29) is 6.10 Å². The summed E-state index contributed by atoms with van der Waals surface area (Å²) in [5.41, 5.74) is 0. The van der Waals surface area contributed by atoms with E-state index in [0.29, 0.717) is 13.1 Å². The average molecular weight is 213 g/mol. The Labute approximate surface area is 89.9 Å². The van der Waals surface area contributed by atoms with Crippen LogP contribution >= 0.6 is 0 Å². The Morgan fingerprint density at radius 3 is 2.40 bits per heavy atom. The van der Waals surface area contributed by atoms with Crippen molar-refractivity contribution >= 4 is 12.5 Å². The van der Waals surface area contributed by atoms with E-state index in [0.717, 1.165) is 24.3 Å². The lowest BCUT2D eigenvalue weighted by molar-refractivity contribution is 0.00202. The van der Waals surface area contributed by atoms with Crippen molar-refractivity contribution < 1.29 is 14.3 Å². The highest BCUT2D eigenvalue weighted by Gasteiger charge is 2.25. The molecule has 1 saturated heterocycles. The molecule has 0 aromatic carbocycles. The molecule has 15 heavy (non-hydrogen) atoms. The number of piperidine rings is 1. The van der Waals surface area contributed by atoms with E-state index in [2.05, 4.69) is 0 Å². The van der Waals surface area contributed by atoms with Gasteiger partial charge in [0.1, 0.15) is 0 Å². The quantitative estimate of drug-likeness (QED) is 0.663. The van der Waals surface area contributed by atoms with Crippen LogP contribution in [0.3, 0.4) is 0 Å². The SMILES string of the molecule is CC(C)OC(=O)N([C]=O)N1CCCCC1. The molecule has 1 radical (unpaired) electrons. The number of carbonyl (C=O) groups excluding carboxylic acids is 2. The maximum atomic E-state index is 11.5. The molecule has 85 valence electrons. The van der Waals surface area contributed by atoms with Crippen LogP contribution in [0.25, 0.3) is 0 Å². The lowest BCUT2D eigenvalue weighted by Gasteiger charge is -2.32. The maximum absolute atomic E-state index is 11.5. The molecule has 0 spiro atoms. The van der Waals surface area contributed by atoms with Gasteiger partial charge < -0.3 is 4.74 Å². The first kappa shape index (κ1) is 12.0. The third kappa shape index (κ3) is 3.51. The van der Waals surface area contributed by atoms with Crippen molar-refractivity contribution in [2.24, 2.45) is 0 Å². The molecule has 1 heterocycles. The van der Waals surface area contributed by atoms with Gasteiger partial charge in [-0.25, -0.2) is 9.80 Å². The van der Waals surface area contributed by atoms with Gasteiger partial charge in [-0.1, -0.05) is 6.42 Å². The summed E-state index contributed by atoms with van der Waals surface area (Å²) in [6, 6.07) is 0. The zero-order chi connectivity index (χ0) is 11.3. The number of carbonyl (C=O) groups is 1. The fourth-order valence-corrected chi connectivity index (χ4v) is 1.54. The van der Waals surface area contributed by atoms with E-state index >= 15 is 0 Å². The molecule has 1 aliphatic rings. The van der Waals surface area contributed by atoms with Crippen molar-refractivity contribution in [2.45, 2.75) is 39.2 Å². The summed E-state index contributed by atoms with van der Waals surface area (Å²) in [7, 11) is 0. The van der Waals surface area contributed by atoms with Crippen molar-refractivity contribution in [3.8, 4) is 0 Å². The molecule has 0 saturated carbocycles. The molecule has 0 unspecified atom stereocenters. The highest BCUT2D eigenvalue weighted by atomic mass is 16.6. The number of amides is 2. The minimum Gasteiger partial charge on any atom is -0.445 e. The lowest BCUT2D eigenvalue weighted by atomic mass is 10.2. The fraction of sp³-hybridized carbons (Fsp3) is 0.800. The highest BCUT2D eigenvalue weighted by Crippen LogP contribution is 2.11. The summed E-state index contributed by atoms with van der Waals surface area (Å²) in [5.74, 6) is 0. The second-order valence-electron chi connectivity index (χ2n) is 3.85. The number of ether oxygens (including phenoxy) is 1. The van der Waals surface area contributed by atoms with E-state index in [1.54, 1.807) is 25.3 Å². The van der Waals surface area contributed by atoms with Gasteiger partial charge in [0.15, 0.2) is 0 Å². The van der Waals surface area contributed by atoms with Crippen LogP contribution in [0.4, 0.5) is 4.79 Å². The zero-order valence-corrected chi connectivity index (χ0v) is 9.23. The van der Waals surface area contributed by atoms with Crippen molar-refractivity contribution in [3.63, 3.8) is 0 Å². The summed E-state index contributed by atoms with van der Waals surface area (Å²) in [5, 5.41) is 2.60. The largest absolute Gasteiger partial charge is 0.445 e. The van der Waals surface area contributed by atoms with Gasteiger partial charge in [-0.15, -0.1) is 0 Å². The van der Waals surface area contributed by atoms with Crippen LogP contribution in [-0.2, 0) is 9.53 Å².